The Kier molecular flexibility index (Phi) is 4.96. The van der Waals surface area contributed by atoms with Crippen LogP contribution in [0.15, 0.2) is 24.4 Å². The smallest absolute Gasteiger partial charge is 0.266 e. The molecule has 22 heavy (non-hydrogen) atoms. The molecule has 0 aliphatic heterocycles. The van der Waals surface area contributed by atoms with E-state index in [1.807, 2.05) is 0 Å². The van der Waals surface area contributed by atoms with E-state index in [0.29, 0.717) is 0 Å². The summed E-state index contributed by atoms with van der Waals surface area (Å²) in [6.07, 6.45) is 0.879. The standard InChI is InChI=1S/C13H9F2IN4O2/c1-6-11(15)8(16)4-10(18-6)13(22)20-19-12(21)9-3-2-7(14)5-17-9/h2-5H,1H3,(H,19,21)(H,20,22). The van der Waals surface area contributed by atoms with Crippen LogP contribution in [0.5, 0.6) is 0 Å². The average Bonchev–Trinajstić information content (AvgIpc) is 2.50. The second-order valence-electron chi connectivity index (χ2n) is 4.16. The van der Waals surface area contributed by atoms with Gasteiger partial charge in [0, 0.05) is 0 Å². The summed E-state index contributed by atoms with van der Waals surface area (Å²) in [6.45, 7) is 1.43. The molecule has 2 aromatic rings. The van der Waals surface area contributed by atoms with Crippen molar-refractivity contribution in [3.63, 3.8) is 0 Å². The molecule has 0 bridgehead atoms. The molecule has 2 amide bonds. The lowest BCUT2D eigenvalue weighted by molar-refractivity contribution is 0.0841. The van der Waals surface area contributed by atoms with Crippen molar-refractivity contribution in [2.75, 3.05) is 0 Å². The molecular weight excluding hydrogens is 409 g/mol. The molecule has 0 atom stereocenters. The number of hydrogen-bond donors (Lipinski definition) is 2. The molecule has 0 fully saturated rings. The van der Waals surface area contributed by atoms with Gasteiger partial charge in [-0.2, -0.15) is 0 Å². The summed E-state index contributed by atoms with van der Waals surface area (Å²) in [5, 5.41) is 0. The Bertz CT molecular complexity index is 714. The molecule has 0 aliphatic carbocycles. The number of hydrogen-bond acceptors (Lipinski definition) is 4. The molecule has 114 valence electrons. The van der Waals surface area contributed by atoms with Gasteiger partial charge >= 0.3 is 0 Å². The summed E-state index contributed by atoms with van der Waals surface area (Å²) in [5.74, 6) is -2.52. The number of nitrogens with one attached hydrogen (secondary N) is 2. The number of carbonyl (C=O) groups is 2. The molecule has 0 saturated carbocycles. The van der Waals surface area contributed by atoms with Gasteiger partial charge in [0.2, 0.25) is 0 Å². The second-order valence-corrected chi connectivity index (χ2v) is 5.32. The van der Waals surface area contributed by atoms with Crippen LogP contribution in [0.1, 0.15) is 26.7 Å². The minimum absolute atomic E-state index is 0.0457. The van der Waals surface area contributed by atoms with Crippen LogP contribution in [0.2, 0.25) is 0 Å². The van der Waals surface area contributed by atoms with E-state index in [4.69, 9.17) is 0 Å². The maximum Gasteiger partial charge on any atom is 0.288 e. The zero-order chi connectivity index (χ0) is 16.3. The molecule has 2 N–H and O–H groups in total. The number of hydrazine groups is 1. The first kappa shape index (κ1) is 16.2. The number of carbonyl (C=O) groups excluding carboxylic acids is 2. The van der Waals surface area contributed by atoms with Gasteiger partial charge in [0.25, 0.3) is 11.8 Å². The normalized spacial score (nSPS) is 10.2. The third-order valence-corrected chi connectivity index (χ3v) is 3.35. The molecule has 0 unspecified atom stereocenters. The molecule has 0 saturated heterocycles. The number of halogens is 3. The first-order valence-electron chi connectivity index (χ1n) is 5.93. The van der Waals surface area contributed by atoms with Crippen LogP contribution in [0.3, 0.4) is 0 Å². The van der Waals surface area contributed by atoms with Gasteiger partial charge in [0.15, 0.2) is 5.82 Å². The number of amides is 2. The van der Waals surface area contributed by atoms with Crippen molar-refractivity contribution in [3.8, 4) is 0 Å². The van der Waals surface area contributed by atoms with Crippen LogP contribution in [-0.4, -0.2) is 21.8 Å². The Morgan fingerprint density at radius 1 is 1.14 bits per heavy atom. The molecule has 0 spiro atoms. The Hall–Kier alpha value is -2.17. The number of aromatic nitrogens is 2. The van der Waals surface area contributed by atoms with Crippen LogP contribution in [0.4, 0.5) is 8.78 Å². The highest BCUT2D eigenvalue weighted by atomic mass is 127. The molecular formula is C13H9F2IN4O2. The van der Waals surface area contributed by atoms with Crippen molar-refractivity contribution in [3.05, 3.63) is 56.7 Å². The molecule has 2 rings (SSSR count). The summed E-state index contributed by atoms with van der Waals surface area (Å²) in [4.78, 5) is 30.9. The van der Waals surface area contributed by atoms with Crippen LogP contribution in [0.25, 0.3) is 0 Å². The maximum atomic E-state index is 13.4. The lowest BCUT2D eigenvalue weighted by atomic mass is 10.3. The first-order chi connectivity index (χ1) is 10.4. The van der Waals surface area contributed by atoms with Crippen LogP contribution in [-0.2, 0) is 0 Å². The van der Waals surface area contributed by atoms with E-state index in [2.05, 4.69) is 20.8 Å². The Morgan fingerprint density at radius 2 is 1.77 bits per heavy atom. The quantitative estimate of drug-likeness (QED) is 0.575. The van der Waals surface area contributed by atoms with Gasteiger partial charge in [-0.25, -0.2) is 18.7 Å². The summed E-state index contributed by atoms with van der Waals surface area (Å²) in [5.41, 5.74) is 4.19. The summed E-state index contributed by atoms with van der Waals surface area (Å²) in [7, 11) is 0. The zero-order valence-electron chi connectivity index (χ0n) is 11.2. The minimum Gasteiger partial charge on any atom is -0.266 e. The summed E-state index contributed by atoms with van der Waals surface area (Å²) < 4.78 is 26.4. The third kappa shape index (κ3) is 3.72. The molecule has 0 radical (unpaired) electrons. The molecule has 2 heterocycles. The highest BCUT2D eigenvalue weighted by Crippen LogP contribution is 2.14. The van der Waals surface area contributed by atoms with Gasteiger partial charge in [0.05, 0.1) is 15.5 Å². The molecule has 9 heteroatoms. The lowest BCUT2D eigenvalue weighted by Gasteiger charge is -2.08. The predicted molar refractivity (Wildman–Crippen MR) is 80.8 cm³/mol. The van der Waals surface area contributed by atoms with Gasteiger partial charge in [0.1, 0.15) is 17.2 Å². The maximum absolute atomic E-state index is 13.4. The van der Waals surface area contributed by atoms with Crippen molar-refractivity contribution in [2.24, 2.45) is 0 Å². The van der Waals surface area contributed by atoms with E-state index in [9.17, 15) is 18.4 Å². The number of pyridine rings is 2. The number of nitrogens with zero attached hydrogens (tertiary/aromatic N) is 2. The Morgan fingerprint density at radius 3 is 2.32 bits per heavy atom. The van der Waals surface area contributed by atoms with Crippen LogP contribution in [0, 0.1) is 22.1 Å². The fraction of sp³-hybridized carbons (Fsp3) is 0.0769. The third-order valence-electron chi connectivity index (χ3n) is 2.56. The SMILES string of the molecule is Cc1nc(C(=O)NNC(=O)c2ccc(F)cn2)cc(I)c1F. The number of rotatable bonds is 2. The summed E-state index contributed by atoms with van der Waals surface area (Å²) >= 11 is 1.74. The monoisotopic (exact) mass is 418 g/mol. The van der Waals surface area contributed by atoms with Crippen LogP contribution < -0.4 is 10.9 Å². The van der Waals surface area contributed by atoms with E-state index in [1.165, 1.54) is 19.1 Å². The van der Waals surface area contributed by atoms with Crippen molar-refractivity contribution < 1.29 is 18.4 Å². The van der Waals surface area contributed by atoms with Gasteiger partial charge in [-0.3, -0.25) is 20.4 Å². The number of aryl methyl sites for hydroxylation is 1. The van der Waals surface area contributed by atoms with Crippen molar-refractivity contribution in [2.45, 2.75) is 6.92 Å². The van der Waals surface area contributed by atoms with E-state index in [1.54, 1.807) is 22.6 Å². The van der Waals surface area contributed by atoms with Crippen molar-refractivity contribution in [1.29, 1.82) is 0 Å². The first-order valence-corrected chi connectivity index (χ1v) is 7.01. The highest BCUT2D eigenvalue weighted by Gasteiger charge is 2.14. The van der Waals surface area contributed by atoms with E-state index in [-0.39, 0.29) is 20.7 Å². The molecule has 0 aliphatic rings. The molecule has 2 aromatic heterocycles. The average molecular weight is 418 g/mol. The highest BCUT2D eigenvalue weighted by molar-refractivity contribution is 14.1. The predicted octanol–water partition coefficient (Wildman–Crippen LogP) is 1.74. The van der Waals surface area contributed by atoms with E-state index in [0.717, 1.165) is 12.3 Å². The fourth-order valence-electron chi connectivity index (χ4n) is 1.49. The van der Waals surface area contributed by atoms with Gasteiger partial charge < -0.3 is 0 Å². The van der Waals surface area contributed by atoms with E-state index >= 15 is 0 Å². The minimum atomic E-state index is -0.720. The molecule has 0 aromatic carbocycles. The van der Waals surface area contributed by atoms with E-state index < -0.39 is 23.4 Å². The second kappa shape index (κ2) is 6.73. The zero-order valence-corrected chi connectivity index (χ0v) is 13.3. The van der Waals surface area contributed by atoms with Crippen molar-refractivity contribution in [1.82, 2.24) is 20.8 Å². The topological polar surface area (TPSA) is 84.0 Å². The Labute approximate surface area is 137 Å². The molecule has 6 nitrogen and oxygen atoms in total. The van der Waals surface area contributed by atoms with Gasteiger partial charge in [-0.05, 0) is 47.7 Å². The van der Waals surface area contributed by atoms with Crippen LogP contribution >= 0.6 is 22.6 Å². The van der Waals surface area contributed by atoms with Gasteiger partial charge in [-0.15, -0.1) is 0 Å². The largest absolute Gasteiger partial charge is 0.288 e. The summed E-state index contributed by atoms with van der Waals surface area (Å²) in [6, 6.07) is 3.48. The van der Waals surface area contributed by atoms with Crippen molar-refractivity contribution >= 4 is 34.4 Å². The lowest BCUT2D eigenvalue weighted by Crippen LogP contribution is -2.42. The Balaban J connectivity index is 2.04. The fourth-order valence-corrected chi connectivity index (χ4v) is 2.17. The van der Waals surface area contributed by atoms with Gasteiger partial charge in [-0.1, -0.05) is 0 Å².